The first-order valence-corrected chi connectivity index (χ1v) is 6.91. The molecule has 0 fully saturated rings. The minimum atomic E-state index is 0.520. The second-order valence-corrected chi connectivity index (χ2v) is 4.62. The molecule has 104 valence electrons. The van der Waals surface area contributed by atoms with Crippen LogP contribution in [-0.4, -0.2) is 50.3 Å². The van der Waals surface area contributed by atoms with E-state index in [4.69, 9.17) is 14.2 Å². The van der Waals surface area contributed by atoms with Crippen LogP contribution in [0.5, 0.6) is 5.19 Å². The molecule has 0 unspecified atom stereocenters. The van der Waals surface area contributed by atoms with Crippen LogP contribution in [0.25, 0.3) is 0 Å². The monoisotopic (exact) mass is 275 g/mol. The summed E-state index contributed by atoms with van der Waals surface area (Å²) < 4.78 is 15.7. The van der Waals surface area contributed by atoms with Crippen molar-refractivity contribution in [1.29, 1.82) is 0 Å². The summed E-state index contributed by atoms with van der Waals surface area (Å²) in [5, 5.41) is 12.7. The number of ether oxygens (including phenoxy) is 3. The Hall–Kier alpha value is -0.760. The van der Waals surface area contributed by atoms with Crippen molar-refractivity contribution in [3.63, 3.8) is 0 Å². The molecule has 1 aromatic heterocycles. The van der Waals surface area contributed by atoms with Crippen LogP contribution in [0.15, 0.2) is 0 Å². The molecule has 1 heterocycles. The maximum absolute atomic E-state index is 5.43. The van der Waals surface area contributed by atoms with Crippen LogP contribution in [-0.2, 0) is 16.0 Å². The summed E-state index contributed by atoms with van der Waals surface area (Å²) in [6.45, 7) is 6.15. The lowest BCUT2D eigenvalue weighted by molar-refractivity contribution is 0.100. The fourth-order valence-corrected chi connectivity index (χ4v) is 1.85. The molecule has 18 heavy (non-hydrogen) atoms. The summed E-state index contributed by atoms with van der Waals surface area (Å²) in [5.74, 6) is 0. The molecule has 1 rings (SSSR count). The van der Waals surface area contributed by atoms with E-state index in [0.29, 0.717) is 31.6 Å². The third-order valence-electron chi connectivity index (χ3n) is 2.01. The smallest absolute Gasteiger partial charge is 0.294 e. The van der Waals surface area contributed by atoms with E-state index < -0.39 is 0 Å². The number of nitrogens with one attached hydrogen (secondary N) is 1. The van der Waals surface area contributed by atoms with E-state index in [9.17, 15) is 0 Å². The highest BCUT2D eigenvalue weighted by Gasteiger charge is 2.04. The maximum Gasteiger partial charge on any atom is 0.294 e. The van der Waals surface area contributed by atoms with Crippen LogP contribution in [0.3, 0.4) is 0 Å². The SMILES string of the molecule is CCCOCCOc1nnc(CNCCOC)s1. The molecule has 0 bridgehead atoms. The van der Waals surface area contributed by atoms with Crippen molar-refractivity contribution in [2.45, 2.75) is 19.9 Å². The van der Waals surface area contributed by atoms with Gasteiger partial charge in [0.2, 0.25) is 0 Å². The normalized spacial score (nSPS) is 10.8. The van der Waals surface area contributed by atoms with Crippen molar-refractivity contribution < 1.29 is 14.2 Å². The molecule has 0 radical (unpaired) electrons. The summed E-state index contributed by atoms with van der Waals surface area (Å²) in [6, 6.07) is 0. The number of hydrogen-bond acceptors (Lipinski definition) is 7. The third-order valence-corrected chi connectivity index (χ3v) is 2.84. The second-order valence-electron chi connectivity index (χ2n) is 3.59. The average molecular weight is 275 g/mol. The highest BCUT2D eigenvalue weighted by molar-refractivity contribution is 7.13. The van der Waals surface area contributed by atoms with Crippen molar-refractivity contribution in [2.24, 2.45) is 0 Å². The molecule has 0 aliphatic carbocycles. The Morgan fingerprint density at radius 2 is 2.06 bits per heavy atom. The molecule has 0 aromatic carbocycles. The Morgan fingerprint density at radius 1 is 1.17 bits per heavy atom. The lowest BCUT2D eigenvalue weighted by Gasteiger charge is -2.02. The number of aromatic nitrogens is 2. The lowest BCUT2D eigenvalue weighted by Crippen LogP contribution is -2.18. The predicted octanol–water partition coefficient (Wildman–Crippen LogP) is 1.08. The van der Waals surface area contributed by atoms with Crippen molar-refractivity contribution in [2.75, 3.05) is 40.1 Å². The molecule has 0 saturated carbocycles. The zero-order valence-corrected chi connectivity index (χ0v) is 11.8. The van der Waals surface area contributed by atoms with Gasteiger partial charge in [-0.1, -0.05) is 18.3 Å². The van der Waals surface area contributed by atoms with Gasteiger partial charge >= 0.3 is 0 Å². The summed E-state index contributed by atoms with van der Waals surface area (Å²) in [6.07, 6.45) is 1.02. The van der Waals surface area contributed by atoms with Crippen LogP contribution >= 0.6 is 11.3 Å². The molecule has 0 spiro atoms. The van der Waals surface area contributed by atoms with Crippen LogP contribution in [0, 0.1) is 0 Å². The molecule has 0 aliphatic rings. The van der Waals surface area contributed by atoms with E-state index in [1.807, 2.05) is 0 Å². The maximum atomic E-state index is 5.43. The molecule has 1 aromatic rings. The summed E-state index contributed by atoms with van der Waals surface area (Å²) in [4.78, 5) is 0. The van der Waals surface area contributed by atoms with Gasteiger partial charge in [-0.2, -0.15) is 0 Å². The van der Waals surface area contributed by atoms with Gasteiger partial charge in [-0.05, 0) is 6.42 Å². The van der Waals surface area contributed by atoms with E-state index in [1.54, 1.807) is 7.11 Å². The minimum Gasteiger partial charge on any atom is -0.466 e. The van der Waals surface area contributed by atoms with Gasteiger partial charge in [0.05, 0.1) is 13.2 Å². The van der Waals surface area contributed by atoms with Crippen LogP contribution in [0.4, 0.5) is 0 Å². The van der Waals surface area contributed by atoms with Gasteiger partial charge in [-0.15, -0.1) is 10.2 Å². The highest BCUT2D eigenvalue weighted by atomic mass is 32.1. The molecule has 6 nitrogen and oxygen atoms in total. The van der Waals surface area contributed by atoms with Crippen LogP contribution < -0.4 is 10.1 Å². The zero-order chi connectivity index (χ0) is 13.1. The van der Waals surface area contributed by atoms with Gasteiger partial charge in [-0.3, -0.25) is 0 Å². The first kappa shape index (κ1) is 15.3. The van der Waals surface area contributed by atoms with Crippen molar-refractivity contribution in [1.82, 2.24) is 15.5 Å². The van der Waals surface area contributed by atoms with Gasteiger partial charge < -0.3 is 19.5 Å². The highest BCUT2D eigenvalue weighted by Crippen LogP contribution is 2.17. The molecule has 0 atom stereocenters. The Balaban J connectivity index is 2.10. The number of nitrogens with zero attached hydrogens (tertiary/aromatic N) is 2. The second kappa shape index (κ2) is 10.2. The van der Waals surface area contributed by atoms with Crippen molar-refractivity contribution in [3.05, 3.63) is 5.01 Å². The molecule has 1 N–H and O–H groups in total. The van der Waals surface area contributed by atoms with Crippen LogP contribution in [0.2, 0.25) is 0 Å². The Labute approximate surface area is 112 Å². The quantitative estimate of drug-likeness (QED) is 0.610. The van der Waals surface area contributed by atoms with E-state index in [0.717, 1.165) is 24.6 Å². The van der Waals surface area contributed by atoms with E-state index in [2.05, 4.69) is 22.4 Å². The van der Waals surface area contributed by atoms with Gasteiger partial charge in [0.1, 0.15) is 11.6 Å². The van der Waals surface area contributed by atoms with Crippen molar-refractivity contribution in [3.8, 4) is 5.19 Å². The van der Waals surface area contributed by atoms with Gasteiger partial charge in [0, 0.05) is 26.8 Å². The van der Waals surface area contributed by atoms with E-state index in [1.165, 1.54) is 11.3 Å². The zero-order valence-electron chi connectivity index (χ0n) is 11.0. The predicted molar refractivity (Wildman–Crippen MR) is 70.1 cm³/mol. The van der Waals surface area contributed by atoms with Crippen molar-refractivity contribution >= 4 is 11.3 Å². The minimum absolute atomic E-state index is 0.520. The largest absolute Gasteiger partial charge is 0.466 e. The standard InChI is InChI=1S/C11H21N3O3S/c1-3-5-16-7-8-17-11-14-13-10(18-11)9-12-4-6-15-2/h12H,3-9H2,1-2H3. The third kappa shape index (κ3) is 6.85. The summed E-state index contributed by atoms with van der Waals surface area (Å²) in [5.41, 5.74) is 0. The first-order valence-electron chi connectivity index (χ1n) is 6.09. The fraction of sp³-hybridized carbons (Fsp3) is 0.818. The van der Waals surface area contributed by atoms with Gasteiger partial charge in [0.15, 0.2) is 0 Å². The van der Waals surface area contributed by atoms with Gasteiger partial charge in [-0.25, -0.2) is 0 Å². The lowest BCUT2D eigenvalue weighted by atomic mass is 10.5. The Kier molecular flexibility index (Phi) is 8.66. The van der Waals surface area contributed by atoms with E-state index >= 15 is 0 Å². The summed E-state index contributed by atoms with van der Waals surface area (Å²) >= 11 is 1.45. The Bertz CT molecular complexity index is 309. The number of methoxy groups -OCH3 is 1. The molecular weight excluding hydrogens is 254 g/mol. The topological polar surface area (TPSA) is 65.5 Å². The Morgan fingerprint density at radius 3 is 2.83 bits per heavy atom. The average Bonchev–Trinajstić information content (AvgIpc) is 2.82. The molecule has 7 heteroatoms. The molecule has 0 amide bonds. The van der Waals surface area contributed by atoms with Gasteiger partial charge in [0.25, 0.3) is 5.19 Å². The fourth-order valence-electron chi connectivity index (χ4n) is 1.17. The first-order chi connectivity index (χ1) is 8.86. The van der Waals surface area contributed by atoms with E-state index in [-0.39, 0.29) is 0 Å². The number of rotatable bonds is 11. The van der Waals surface area contributed by atoms with Crippen LogP contribution in [0.1, 0.15) is 18.4 Å². The molecular formula is C11H21N3O3S. The molecule has 0 aliphatic heterocycles. The summed E-state index contributed by atoms with van der Waals surface area (Å²) in [7, 11) is 1.68. The number of hydrogen-bond donors (Lipinski definition) is 1. The molecule has 0 saturated heterocycles.